The summed E-state index contributed by atoms with van der Waals surface area (Å²) in [6, 6.07) is 0. The highest BCUT2D eigenvalue weighted by Gasteiger charge is 2.67. The molecule has 0 radical (unpaired) electrons. The van der Waals surface area contributed by atoms with E-state index in [-0.39, 0.29) is 28.4 Å². The van der Waals surface area contributed by atoms with Gasteiger partial charge in [0.2, 0.25) is 22.7 Å². The normalized spacial score (nSPS) is 38.8. The van der Waals surface area contributed by atoms with Gasteiger partial charge in [0.05, 0.1) is 5.92 Å². The fourth-order valence-electron chi connectivity index (χ4n) is 2.93. The summed E-state index contributed by atoms with van der Waals surface area (Å²) in [5, 5.41) is 38.0. The van der Waals surface area contributed by atoms with Crippen LogP contribution in [0.3, 0.4) is 0 Å². The number of fused-ring (bicyclic) bond motifs is 3. The number of rotatable bonds is 0. The second-order valence-electron chi connectivity index (χ2n) is 5.18. The summed E-state index contributed by atoms with van der Waals surface area (Å²) in [5.41, 5.74) is 3.74. The lowest BCUT2D eigenvalue weighted by molar-refractivity contribution is -0.808. The molecule has 8 heteroatoms. The Balaban J connectivity index is 2.28. The van der Waals surface area contributed by atoms with Gasteiger partial charge in [0.25, 0.3) is 5.69 Å². The first-order valence-electron chi connectivity index (χ1n) is 5.75. The molecule has 18 heavy (non-hydrogen) atoms. The molecule has 2 heterocycles. The largest absolute Gasteiger partial charge is 0.622 e. The maximum Gasteiger partial charge on any atom is 0.263 e. The second kappa shape index (κ2) is 3.01. The van der Waals surface area contributed by atoms with Crippen LogP contribution < -0.4 is 10.6 Å². The van der Waals surface area contributed by atoms with Gasteiger partial charge >= 0.3 is 0 Å². The second-order valence-corrected chi connectivity index (χ2v) is 5.18. The summed E-state index contributed by atoms with van der Waals surface area (Å²) < 4.78 is 5.16. The number of nitrogens with two attached hydrogens (primary N) is 1. The van der Waals surface area contributed by atoms with Gasteiger partial charge in [-0.25, -0.2) is 0 Å². The Morgan fingerprint density at radius 2 is 2.17 bits per heavy atom. The van der Waals surface area contributed by atoms with E-state index in [0.717, 1.165) is 0 Å². The minimum Gasteiger partial charge on any atom is -0.622 e. The minimum absolute atomic E-state index is 0.112. The average molecular weight is 254 g/mol. The van der Waals surface area contributed by atoms with E-state index < -0.39 is 17.2 Å². The summed E-state index contributed by atoms with van der Waals surface area (Å²) >= 11 is 0. The zero-order chi connectivity index (χ0) is 13.3. The SMILES string of the molecule is C[C@@H]1[C@@]2(O)C(=[N+]([O-])[C@@]1(C)N)CCc1c2no[n+]1[O-]. The molecule has 3 rings (SSSR count). The number of aromatic nitrogens is 2. The highest BCUT2D eigenvalue weighted by atomic mass is 16.8. The lowest BCUT2D eigenvalue weighted by atomic mass is 9.74. The van der Waals surface area contributed by atoms with Crippen LogP contribution in [-0.4, -0.2) is 26.4 Å². The molecule has 0 saturated heterocycles. The monoisotopic (exact) mass is 254 g/mol. The highest BCUT2D eigenvalue weighted by molar-refractivity contribution is 5.92. The van der Waals surface area contributed by atoms with Crippen LogP contribution >= 0.6 is 0 Å². The van der Waals surface area contributed by atoms with E-state index in [1.165, 1.54) is 0 Å². The smallest absolute Gasteiger partial charge is 0.263 e. The molecule has 3 atom stereocenters. The van der Waals surface area contributed by atoms with Crippen LogP contribution in [0.5, 0.6) is 0 Å². The number of hydrogen-bond acceptors (Lipinski definition) is 6. The van der Waals surface area contributed by atoms with Gasteiger partial charge in [-0.1, -0.05) is 6.92 Å². The van der Waals surface area contributed by atoms with Crippen molar-refractivity contribution in [1.29, 1.82) is 0 Å². The van der Waals surface area contributed by atoms with Crippen molar-refractivity contribution in [2.45, 2.75) is 38.0 Å². The van der Waals surface area contributed by atoms with Crippen LogP contribution in [0.1, 0.15) is 31.7 Å². The van der Waals surface area contributed by atoms with E-state index in [4.69, 9.17) is 5.73 Å². The predicted molar refractivity (Wildman–Crippen MR) is 58.1 cm³/mol. The molecule has 0 unspecified atom stereocenters. The Morgan fingerprint density at radius 1 is 1.50 bits per heavy atom. The minimum atomic E-state index is -1.61. The van der Waals surface area contributed by atoms with Crippen LogP contribution in [0.15, 0.2) is 4.63 Å². The first-order chi connectivity index (χ1) is 8.31. The summed E-state index contributed by atoms with van der Waals surface area (Å²) in [5.74, 6) is -0.596. The first-order valence-corrected chi connectivity index (χ1v) is 5.75. The third-order valence-electron chi connectivity index (χ3n) is 4.29. The van der Waals surface area contributed by atoms with Gasteiger partial charge in [-0.05, 0) is 4.90 Å². The number of aliphatic hydroxyl groups is 1. The van der Waals surface area contributed by atoms with Gasteiger partial charge in [0.1, 0.15) is 0 Å². The molecule has 0 aromatic carbocycles. The first kappa shape index (κ1) is 11.4. The molecule has 0 saturated carbocycles. The zero-order valence-corrected chi connectivity index (χ0v) is 10.1. The molecule has 0 fully saturated rings. The van der Waals surface area contributed by atoms with Crippen molar-refractivity contribution in [1.82, 2.24) is 5.16 Å². The van der Waals surface area contributed by atoms with Gasteiger partial charge in [0.15, 0.2) is 0 Å². The summed E-state index contributed by atoms with van der Waals surface area (Å²) in [6.07, 6.45) is 0.578. The highest BCUT2D eigenvalue weighted by Crippen LogP contribution is 2.45. The molecule has 1 aromatic rings. The molecule has 0 spiro atoms. The third-order valence-corrected chi connectivity index (χ3v) is 4.29. The Kier molecular flexibility index (Phi) is 1.91. The van der Waals surface area contributed by atoms with Crippen molar-refractivity contribution in [2.75, 3.05) is 0 Å². The van der Waals surface area contributed by atoms with Crippen LogP contribution in [0.4, 0.5) is 0 Å². The van der Waals surface area contributed by atoms with Crippen LogP contribution in [-0.2, 0) is 12.0 Å². The number of hydrogen-bond donors (Lipinski definition) is 2. The Bertz CT molecular complexity index is 564. The summed E-state index contributed by atoms with van der Waals surface area (Å²) in [4.78, 5) is 0.276. The fraction of sp³-hybridized carbons (Fsp3) is 0.700. The predicted octanol–water partition coefficient (Wildman–Crippen LogP) is -1.28. The molecule has 1 aliphatic carbocycles. The van der Waals surface area contributed by atoms with Crippen molar-refractivity contribution in [3.63, 3.8) is 0 Å². The van der Waals surface area contributed by atoms with Gasteiger partial charge in [-0.3, -0.25) is 10.4 Å². The molecule has 1 aromatic heterocycles. The molecular weight excluding hydrogens is 240 g/mol. The topological polar surface area (TPSA) is 125 Å². The number of hydroxylamine groups is 1. The molecule has 1 aliphatic heterocycles. The van der Waals surface area contributed by atoms with Crippen molar-refractivity contribution in [2.24, 2.45) is 11.7 Å². The van der Waals surface area contributed by atoms with Crippen molar-refractivity contribution >= 4 is 5.71 Å². The van der Waals surface area contributed by atoms with Crippen molar-refractivity contribution < 1.29 is 19.4 Å². The third kappa shape index (κ3) is 1.01. The molecule has 8 nitrogen and oxygen atoms in total. The average Bonchev–Trinajstić information content (AvgIpc) is 2.75. The maximum absolute atomic E-state index is 12.1. The van der Waals surface area contributed by atoms with Gasteiger partial charge < -0.3 is 15.5 Å². The lowest BCUT2D eigenvalue weighted by Gasteiger charge is -2.27. The fourth-order valence-corrected chi connectivity index (χ4v) is 2.93. The van der Waals surface area contributed by atoms with Crippen LogP contribution in [0, 0.1) is 16.3 Å². The molecule has 0 bridgehead atoms. The van der Waals surface area contributed by atoms with Gasteiger partial charge in [-0.15, -0.1) is 0 Å². The van der Waals surface area contributed by atoms with Crippen molar-refractivity contribution in [3.05, 3.63) is 21.8 Å². The standard InChI is InChI=1S/C10H14N4O4/c1-5-9(2,11)13(16)7-4-3-6-8(10(5,7)15)12-18-14(6)17/h5,15H,3-4,11H2,1-2H3/t5-,9+,10+/m0/s1. The van der Waals surface area contributed by atoms with E-state index in [9.17, 15) is 15.5 Å². The Labute approximate surface area is 102 Å². The number of nitrogens with zero attached hydrogens (tertiary/aromatic N) is 3. The molecule has 3 N–H and O–H groups in total. The van der Waals surface area contributed by atoms with Gasteiger partial charge in [0, 0.05) is 24.9 Å². The summed E-state index contributed by atoms with van der Waals surface area (Å²) in [7, 11) is 0. The molecular formula is C10H14N4O4. The lowest BCUT2D eigenvalue weighted by Crippen LogP contribution is -2.52. The Morgan fingerprint density at radius 3 is 2.83 bits per heavy atom. The van der Waals surface area contributed by atoms with Crippen LogP contribution in [0.25, 0.3) is 0 Å². The molecule has 2 aliphatic rings. The maximum atomic E-state index is 12.1. The van der Waals surface area contributed by atoms with Crippen molar-refractivity contribution in [3.8, 4) is 0 Å². The van der Waals surface area contributed by atoms with E-state index in [1.807, 2.05) is 0 Å². The van der Waals surface area contributed by atoms with Crippen LogP contribution in [0.2, 0.25) is 0 Å². The quantitative estimate of drug-likeness (QED) is 0.438. The summed E-state index contributed by atoms with van der Waals surface area (Å²) in [6.45, 7) is 3.22. The van der Waals surface area contributed by atoms with Gasteiger partial charge in [-0.2, -0.15) is 4.74 Å². The Hall–Kier alpha value is -1.67. The van der Waals surface area contributed by atoms with E-state index >= 15 is 0 Å². The molecule has 0 amide bonds. The van der Waals surface area contributed by atoms with E-state index in [0.29, 0.717) is 11.2 Å². The zero-order valence-electron chi connectivity index (χ0n) is 10.1. The van der Waals surface area contributed by atoms with E-state index in [2.05, 4.69) is 9.79 Å². The van der Waals surface area contributed by atoms with E-state index in [1.54, 1.807) is 13.8 Å². The molecule has 98 valence electrons.